The molecule has 1 N–H and O–H groups in total. The van der Waals surface area contributed by atoms with Crippen LogP contribution in [0.2, 0.25) is 0 Å². The highest BCUT2D eigenvalue weighted by Gasteiger charge is 2.15. The highest BCUT2D eigenvalue weighted by Crippen LogP contribution is 2.10. The molecule has 2 heterocycles. The average Bonchev–Trinajstić information content (AvgIpc) is 2.79. The lowest BCUT2D eigenvalue weighted by Gasteiger charge is -2.10. The minimum absolute atomic E-state index is 0.275. The molecule has 0 saturated carbocycles. The molecule has 15 heavy (non-hydrogen) atoms. The van der Waals surface area contributed by atoms with Crippen LogP contribution in [0.3, 0.4) is 0 Å². The van der Waals surface area contributed by atoms with Gasteiger partial charge in [-0.3, -0.25) is 0 Å². The van der Waals surface area contributed by atoms with Crippen LogP contribution in [0.5, 0.6) is 0 Å². The van der Waals surface area contributed by atoms with Crippen molar-refractivity contribution in [3.8, 4) is 6.07 Å². The van der Waals surface area contributed by atoms with E-state index in [1.54, 1.807) is 6.20 Å². The smallest absolute Gasteiger partial charge is 0.145 e. The van der Waals surface area contributed by atoms with Crippen molar-refractivity contribution in [1.29, 1.82) is 5.26 Å². The van der Waals surface area contributed by atoms with Gasteiger partial charge < -0.3 is 10.1 Å². The minimum atomic E-state index is 0.275. The molecule has 0 radical (unpaired) electrons. The summed E-state index contributed by atoms with van der Waals surface area (Å²) in [6.45, 7) is 2.40. The minimum Gasteiger partial charge on any atom is -0.372 e. The van der Waals surface area contributed by atoms with E-state index in [1.807, 2.05) is 12.1 Å². The lowest BCUT2D eigenvalue weighted by molar-refractivity contribution is 0.0539. The van der Waals surface area contributed by atoms with Crippen molar-refractivity contribution in [3.63, 3.8) is 0 Å². The van der Waals surface area contributed by atoms with Crippen LogP contribution in [0, 0.1) is 11.3 Å². The summed E-state index contributed by atoms with van der Waals surface area (Å²) in [6, 6.07) is 5.77. The van der Waals surface area contributed by atoms with E-state index >= 15 is 0 Å². The van der Waals surface area contributed by atoms with Crippen LogP contribution >= 0.6 is 0 Å². The van der Waals surface area contributed by atoms with Gasteiger partial charge in [-0.25, -0.2) is 4.98 Å². The van der Waals surface area contributed by atoms with Gasteiger partial charge in [0.1, 0.15) is 11.8 Å². The molecule has 0 aliphatic carbocycles. The van der Waals surface area contributed by atoms with Crippen LogP contribution in [0.15, 0.2) is 18.3 Å². The molecule has 0 bridgehead atoms. The van der Waals surface area contributed by atoms with Crippen LogP contribution in [-0.4, -0.2) is 24.2 Å². The number of nitriles is 1. The predicted molar refractivity (Wildman–Crippen MR) is 55.0 cm³/mol. The molecule has 2 rings (SSSR count). The summed E-state index contributed by atoms with van der Waals surface area (Å²) in [7, 11) is 0. The van der Waals surface area contributed by atoms with Crippen molar-refractivity contribution in [2.45, 2.75) is 19.1 Å². The van der Waals surface area contributed by atoms with E-state index in [1.165, 1.54) is 0 Å². The van der Waals surface area contributed by atoms with Gasteiger partial charge in [-0.2, -0.15) is 5.26 Å². The monoisotopic (exact) mass is 203 g/mol. The fourth-order valence-electron chi connectivity index (χ4n) is 1.63. The topological polar surface area (TPSA) is 57.9 Å². The summed E-state index contributed by atoms with van der Waals surface area (Å²) >= 11 is 0. The zero-order valence-corrected chi connectivity index (χ0v) is 8.44. The fraction of sp³-hybridized carbons (Fsp3) is 0.455. The molecule has 1 aromatic heterocycles. The fourth-order valence-corrected chi connectivity index (χ4v) is 1.63. The lowest BCUT2D eigenvalue weighted by Crippen LogP contribution is -2.16. The second-order valence-corrected chi connectivity index (χ2v) is 3.55. The summed E-state index contributed by atoms with van der Waals surface area (Å²) in [5, 5.41) is 12.1. The van der Waals surface area contributed by atoms with Crippen molar-refractivity contribution in [2.75, 3.05) is 13.1 Å². The second kappa shape index (κ2) is 4.87. The first-order chi connectivity index (χ1) is 7.40. The summed E-state index contributed by atoms with van der Waals surface area (Å²) in [6.07, 6.45) is 2.94. The van der Waals surface area contributed by atoms with Crippen molar-refractivity contribution in [3.05, 3.63) is 29.6 Å². The van der Waals surface area contributed by atoms with Gasteiger partial charge in [0.2, 0.25) is 0 Å². The van der Waals surface area contributed by atoms with Gasteiger partial charge in [-0.05, 0) is 19.0 Å². The lowest BCUT2D eigenvalue weighted by atomic mass is 10.2. The predicted octanol–water partition coefficient (Wildman–Crippen LogP) is 0.832. The van der Waals surface area contributed by atoms with E-state index in [0.29, 0.717) is 12.3 Å². The maximum Gasteiger partial charge on any atom is 0.145 e. The molecule has 0 spiro atoms. The van der Waals surface area contributed by atoms with Crippen LogP contribution < -0.4 is 5.32 Å². The molecule has 1 fully saturated rings. The van der Waals surface area contributed by atoms with Crippen molar-refractivity contribution < 1.29 is 4.74 Å². The number of nitrogens with one attached hydrogen (secondary N) is 1. The Labute approximate surface area is 88.9 Å². The molecule has 78 valence electrons. The van der Waals surface area contributed by atoms with Crippen molar-refractivity contribution in [1.82, 2.24) is 10.3 Å². The van der Waals surface area contributed by atoms with Gasteiger partial charge in [0.05, 0.1) is 12.7 Å². The molecule has 1 atom stereocenters. The summed E-state index contributed by atoms with van der Waals surface area (Å²) in [5.41, 5.74) is 1.33. The Morgan fingerprint density at radius 1 is 1.67 bits per heavy atom. The maximum absolute atomic E-state index is 8.83. The summed E-state index contributed by atoms with van der Waals surface area (Å²) in [5.74, 6) is 0. The third kappa shape index (κ3) is 2.52. The molecular weight excluding hydrogens is 190 g/mol. The van der Waals surface area contributed by atoms with E-state index in [2.05, 4.69) is 16.4 Å². The third-order valence-corrected chi connectivity index (χ3v) is 2.49. The number of rotatable bonds is 3. The molecule has 4 heteroatoms. The number of nitrogens with zero attached hydrogens (tertiary/aromatic N) is 2. The number of aromatic nitrogens is 1. The Kier molecular flexibility index (Phi) is 3.28. The van der Waals surface area contributed by atoms with Crippen LogP contribution in [0.4, 0.5) is 0 Å². The second-order valence-electron chi connectivity index (χ2n) is 3.55. The SMILES string of the molecule is N#Cc1ncccc1COC1CCNC1. The molecule has 1 aromatic rings. The molecule has 4 nitrogen and oxygen atoms in total. The highest BCUT2D eigenvalue weighted by atomic mass is 16.5. The van der Waals surface area contributed by atoms with Gasteiger partial charge >= 0.3 is 0 Å². The van der Waals surface area contributed by atoms with Gasteiger partial charge in [0.15, 0.2) is 0 Å². The van der Waals surface area contributed by atoms with Gasteiger partial charge in [0, 0.05) is 18.3 Å². The largest absolute Gasteiger partial charge is 0.372 e. The number of pyridine rings is 1. The Balaban J connectivity index is 1.95. The van der Waals surface area contributed by atoms with Crippen LogP contribution in [0.1, 0.15) is 17.7 Å². The Morgan fingerprint density at radius 2 is 2.60 bits per heavy atom. The highest BCUT2D eigenvalue weighted by molar-refractivity contribution is 5.29. The first kappa shape index (κ1) is 10.1. The van der Waals surface area contributed by atoms with E-state index in [9.17, 15) is 0 Å². The van der Waals surface area contributed by atoms with E-state index in [-0.39, 0.29) is 6.10 Å². The van der Waals surface area contributed by atoms with Crippen molar-refractivity contribution >= 4 is 0 Å². The molecule has 0 aromatic carbocycles. The molecule has 1 aliphatic heterocycles. The number of hydrogen-bond donors (Lipinski definition) is 1. The first-order valence-electron chi connectivity index (χ1n) is 5.06. The first-order valence-corrected chi connectivity index (χ1v) is 5.06. The van der Waals surface area contributed by atoms with Crippen molar-refractivity contribution in [2.24, 2.45) is 0 Å². The molecule has 1 aliphatic rings. The normalized spacial score (nSPS) is 20.1. The quantitative estimate of drug-likeness (QED) is 0.790. The number of ether oxygens (including phenoxy) is 1. The summed E-state index contributed by atoms with van der Waals surface area (Å²) < 4.78 is 5.68. The maximum atomic E-state index is 8.83. The van der Waals surface area contributed by atoms with Gasteiger partial charge in [-0.1, -0.05) is 6.07 Å². The number of hydrogen-bond acceptors (Lipinski definition) is 4. The molecule has 1 saturated heterocycles. The zero-order chi connectivity index (χ0) is 10.5. The molecular formula is C11H13N3O. The third-order valence-electron chi connectivity index (χ3n) is 2.49. The van der Waals surface area contributed by atoms with E-state index in [4.69, 9.17) is 10.00 Å². The average molecular weight is 203 g/mol. The standard InChI is InChI=1S/C11H13N3O/c12-6-11-9(2-1-4-14-11)8-15-10-3-5-13-7-10/h1-2,4,10,13H,3,5,7-8H2. The Hall–Kier alpha value is -1.44. The molecule has 0 amide bonds. The Bertz CT molecular complexity index is 366. The van der Waals surface area contributed by atoms with Crippen LogP contribution in [0.25, 0.3) is 0 Å². The van der Waals surface area contributed by atoms with Crippen LogP contribution in [-0.2, 0) is 11.3 Å². The Morgan fingerprint density at radius 3 is 3.33 bits per heavy atom. The van der Waals surface area contributed by atoms with E-state index in [0.717, 1.165) is 25.1 Å². The summed E-state index contributed by atoms with van der Waals surface area (Å²) in [4.78, 5) is 3.99. The zero-order valence-electron chi connectivity index (χ0n) is 8.44. The van der Waals surface area contributed by atoms with Gasteiger partial charge in [0.25, 0.3) is 0 Å². The van der Waals surface area contributed by atoms with E-state index < -0.39 is 0 Å². The van der Waals surface area contributed by atoms with Gasteiger partial charge in [-0.15, -0.1) is 0 Å². The molecule has 1 unspecified atom stereocenters.